The first-order valence-electron chi connectivity index (χ1n) is 15.2. The molecule has 3 aliphatic rings. The number of fused-ring (bicyclic) bond motifs is 2. The van der Waals surface area contributed by atoms with E-state index >= 15 is 0 Å². The summed E-state index contributed by atoms with van der Waals surface area (Å²) in [5.41, 5.74) is 2.52. The summed E-state index contributed by atoms with van der Waals surface area (Å²) in [6.07, 6.45) is 4.36. The Hall–Kier alpha value is -3.38. The molecule has 3 aliphatic heterocycles. The number of carbonyl (C=O) groups excluding carboxylic acids is 2. The molecule has 1 spiro atoms. The summed E-state index contributed by atoms with van der Waals surface area (Å²) >= 11 is 0. The molecule has 2 aromatic carbocycles. The number of aliphatic hydroxyl groups is 1. The van der Waals surface area contributed by atoms with Crippen LogP contribution in [0.15, 0.2) is 54.7 Å². The number of ether oxygens (including phenoxy) is 1. The lowest BCUT2D eigenvalue weighted by Crippen LogP contribution is -2.45. The minimum Gasteiger partial charge on any atom is -0.432 e. The Morgan fingerprint density at radius 3 is 2.60 bits per heavy atom. The Kier molecular flexibility index (Phi) is 7.78. The fraction of sp³-hybridized carbons (Fsp3) is 0.500. The van der Waals surface area contributed by atoms with Crippen LogP contribution in [0.25, 0.3) is 0 Å². The summed E-state index contributed by atoms with van der Waals surface area (Å²) in [5, 5.41) is 18.8. The lowest BCUT2D eigenvalue weighted by atomic mass is 9.82. The van der Waals surface area contributed by atoms with Crippen molar-refractivity contribution >= 4 is 31.5 Å². The van der Waals surface area contributed by atoms with E-state index in [2.05, 4.69) is 10.3 Å². The Balaban J connectivity index is 1.29. The van der Waals surface area contributed by atoms with Gasteiger partial charge < -0.3 is 24.4 Å². The maximum absolute atomic E-state index is 14.1. The smallest absolute Gasteiger partial charge is 0.264 e. The van der Waals surface area contributed by atoms with Crippen molar-refractivity contribution in [3.63, 3.8) is 0 Å². The van der Waals surface area contributed by atoms with Crippen LogP contribution in [0.3, 0.4) is 0 Å². The van der Waals surface area contributed by atoms with Gasteiger partial charge in [0.2, 0.25) is 5.91 Å². The van der Waals surface area contributed by atoms with Gasteiger partial charge in [-0.2, -0.15) is 0 Å². The molecule has 2 N–H and O–H groups in total. The van der Waals surface area contributed by atoms with Crippen LogP contribution in [0, 0.1) is 5.92 Å². The number of benzene rings is 2. The fourth-order valence-electron chi connectivity index (χ4n) is 7.58. The molecule has 2 fully saturated rings. The zero-order valence-electron chi connectivity index (χ0n) is 25.3. The number of anilines is 2. The van der Waals surface area contributed by atoms with E-state index < -0.39 is 13.9 Å². The first-order chi connectivity index (χ1) is 20.6. The van der Waals surface area contributed by atoms with Crippen LogP contribution in [0.4, 0.5) is 11.4 Å². The largest absolute Gasteiger partial charge is 0.432 e. The Labute approximate surface area is 253 Å². The van der Waals surface area contributed by atoms with Gasteiger partial charge in [0.1, 0.15) is 0 Å². The Morgan fingerprint density at radius 1 is 1.14 bits per heavy atom. The Morgan fingerprint density at radius 2 is 1.91 bits per heavy atom. The lowest BCUT2D eigenvalue weighted by molar-refractivity contribution is -0.145. The van der Waals surface area contributed by atoms with Crippen LogP contribution in [-0.2, 0) is 26.5 Å². The van der Waals surface area contributed by atoms with Gasteiger partial charge in [-0.05, 0) is 56.1 Å². The van der Waals surface area contributed by atoms with Crippen molar-refractivity contribution in [2.75, 3.05) is 30.0 Å². The highest BCUT2D eigenvalue weighted by Gasteiger charge is 2.65. The number of aromatic nitrogens is 3. The zero-order chi connectivity index (χ0) is 30.5. The van der Waals surface area contributed by atoms with Crippen LogP contribution >= 0.6 is 0 Å². The molecule has 43 heavy (non-hydrogen) atoms. The number of piperidine rings is 1. The molecule has 1 aromatic heterocycles. The first kappa shape index (κ1) is 29.7. The van der Waals surface area contributed by atoms with Crippen molar-refractivity contribution in [2.24, 2.45) is 5.92 Å². The van der Waals surface area contributed by atoms with E-state index in [0.717, 1.165) is 35.3 Å². The molecule has 11 heteroatoms. The van der Waals surface area contributed by atoms with Crippen LogP contribution in [0.2, 0.25) is 18.6 Å². The summed E-state index contributed by atoms with van der Waals surface area (Å²) in [6, 6.07) is 15.5. The number of rotatable bonds is 8. The van der Waals surface area contributed by atoms with Crippen LogP contribution < -0.4 is 9.80 Å². The first-order valence-corrected chi connectivity index (χ1v) is 18.3. The fourth-order valence-corrected chi connectivity index (χ4v) is 10.2. The summed E-state index contributed by atoms with van der Waals surface area (Å²) in [6.45, 7) is 6.91. The molecule has 0 saturated carbocycles. The molecular weight excluding hydrogens is 562 g/mol. The van der Waals surface area contributed by atoms with E-state index in [9.17, 15) is 19.5 Å². The second kappa shape index (κ2) is 11.3. The minimum atomic E-state index is -2.81. The van der Waals surface area contributed by atoms with Gasteiger partial charge in [0, 0.05) is 55.5 Å². The van der Waals surface area contributed by atoms with E-state index in [1.54, 1.807) is 16.6 Å². The molecule has 2 amide bonds. The molecule has 0 radical (unpaired) electrons. The molecule has 1 unspecified atom stereocenters. The number of amides is 2. The molecule has 0 bridgehead atoms. The van der Waals surface area contributed by atoms with Gasteiger partial charge in [-0.15, -0.1) is 5.10 Å². The van der Waals surface area contributed by atoms with E-state index in [1.807, 2.05) is 79.6 Å². The Bertz CT molecular complexity index is 1510. The minimum absolute atomic E-state index is 0.0824. The van der Waals surface area contributed by atoms with Crippen molar-refractivity contribution < 1.29 is 24.2 Å². The van der Waals surface area contributed by atoms with Crippen molar-refractivity contribution in [1.29, 1.82) is 0 Å². The maximum atomic E-state index is 14.1. The number of nitrogens with zero attached hydrogens (tertiary/aromatic N) is 5. The molecule has 10 nitrogen and oxygen atoms in total. The number of likely N-dealkylation sites (N-methyl/N-ethyl adjacent to an activating group) is 1. The van der Waals surface area contributed by atoms with E-state index in [0.29, 0.717) is 31.6 Å². The van der Waals surface area contributed by atoms with Gasteiger partial charge in [0.25, 0.3) is 5.91 Å². The highest BCUT2D eigenvalue weighted by molar-refractivity contribution is 6.71. The third kappa shape index (κ3) is 5.01. The third-order valence-corrected chi connectivity index (χ3v) is 12.2. The quantitative estimate of drug-likeness (QED) is 0.376. The number of aliphatic hydroxyl groups excluding tert-OH is 1. The van der Waals surface area contributed by atoms with Crippen LogP contribution in [-0.4, -0.2) is 71.3 Å². The molecule has 0 aliphatic carbocycles. The second-order valence-corrected chi connectivity index (χ2v) is 16.7. The average molecular weight is 604 g/mol. The van der Waals surface area contributed by atoms with Crippen molar-refractivity contribution in [2.45, 2.75) is 75.4 Å². The molecule has 4 heterocycles. The molecule has 3 aromatic rings. The number of hydrogen-bond acceptors (Lipinski definition) is 7. The number of carbonyl (C=O) groups is 2. The maximum Gasteiger partial charge on any atom is 0.264 e. The van der Waals surface area contributed by atoms with Gasteiger partial charge in [-0.25, -0.2) is 0 Å². The molecule has 6 rings (SSSR count). The predicted octanol–water partition coefficient (Wildman–Crippen LogP) is 3.78. The average Bonchev–Trinajstić information content (AvgIpc) is 3.64. The summed E-state index contributed by atoms with van der Waals surface area (Å²) < 4.78 is 8.63. The highest BCUT2D eigenvalue weighted by atomic mass is 28.4. The van der Waals surface area contributed by atoms with Crippen molar-refractivity contribution in [3.05, 3.63) is 71.5 Å². The SMILES string of the molecule is C[C@H]1[C@H]([Si](C)(C)O)[C@@H](CCn2cc(C(CO)c3ccccc3)nn2)O[C@]12C(=O)N(C)c1ccc(N3CCCCC3=O)cc12. The number of aryl methyl sites for hydroxylation is 1. The van der Waals surface area contributed by atoms with E-state index in [4.69, 9.17) is 4.74 Å². The van der Waals surface area contributed by atoms with Crippen molar-refractivity contribution in [3.8, 4) is 0 Å². The molecule has 228 valence electrons. The van der Waals surface area contributed by atoms with Gasteiger partial charge in [0.05, 0.1) is 30.0 Å². The lowest BCUT2D eigenvalue weighted by Gasteiger charge is -2.33. The van der Waals surface area contributed by atoms with Crippen molar-refractivity contribution in [1.82, 2.24) is 15.0 Å². The predicted molar refractivity (Wildman–Crippen MR) is 165 cm³/mol. The van der Waals surface area contributed by atoms with Gasteiger partial charge in [-0.3, -0.25) is 14.3 Å². The summed E-state index contributed by atoms with van der Waals surface area (Å²) in [5.74, 6) is -0.599. The zero-order valence-corrected chi connectivity index (χ0v) is 26.3. The van der Waals surface area contributed by atoms with Crippen LogP contribution in [0.5, 0.6) is 0 Å². The van der Waals surface area contributed by atoms with Gasteiger partial charge >= 0.3 is 0 Å². The van der Waals surface area contributed by atoms with E-state index in [1.165, 1.54) is 0 Å². The van der Waals surface area contributed by atoms with E-state index in [-0.39, 0.29) is 41.9 Å². The topological polar surface area (TPSA) is 121 Å². The molecular formula is C32H41N5O5Si. The normalized spacial score (nSPS) is 26.4. The molecule has 5 atom stereocenters. The monoisotopic (exact) mass is 603 g/mol. The van der Waals surface area contributed by atoms with Crippen LogP contribution in [0.1, 0.15) is 55.3 Å². The second-order valence-electron chi connectivity index (χ2n) is 12.8. The van der Waals surface area contributed by atoms with Gasteiger partial charge in [0.15, 0.2) is 13.9 Å². The standard InChI is InChI=1S/C32H41N5O5Si/c1-21-30(43(3,4)41)28(15-17-36-19-26(33-34-36)24(20-38)22-10-6-5-7-11-22)42-32(21)25-18-23(37-16-9-8-12-29(37)39)13-14-27(25)35(2)31(32)40/h5-7,10-11,13-14,18-19,21,24,28,30,38,41H,8-9,12,15-17,20H2,1-4H3/t21-,24?,28+,30-,32+/m0/s1. The summed E-state index contributed by atoms with van der Waals surface area (Å²) in [4.78, 5) is 41.9. The summed E-state index contributed by atoms with van der Waals surface area (Å²) in [7, 11) is -1.05. The highest BCUT2D eigenvalue weighted by Crippen LogP contribution is 2.59. The van der Waals surface area contributed by atoms with Gasteiger partial charge in [-0.1, -0.05) is 42.5 Å². The molecule has 2 saturated heterocycles. The number of hydrogen-bond donors (Lipinski definition) is 2. The third-order valence-electron chi connectivity index (χ3n) is 9.67.